The maximum Gasteiger partial charge on any atom is 0.306 e. The van der Waals surface area contributed by atoms with Crippen LogP contribution in [0.3, 0.4) is 0 Å². The van der Waals surface area contributed by atoms with Crippen molar-refractivity contribution in [2.45, 2.75) is 30.4 Å². The highest BCUT2D eigenvalue weighted by Gasteiger charge is 2.10. The van der Waals surface area contributed by atoms with E-state index >= 15 is 0 Å². The van der Waals surface area contributed by atoms with Crippen molar-refractivity contribution in [3.8, 4) is 0 Å². The van der Waals surface area contributed by atoms with Gasteiger partial charge < -0.3 is 4.74 Å². The first kappa shape index (κ1) is 12.0. The number of hydrogen-bond acceptors (Lipinski definition) is 4. The molecule has 0 amide bonds. The Morgan fingerprint density at radius 2 is 2.40 bits per heavy atom. The normalized spacial score (nSPS) is 12.2. The van der Waals surface area contributed by atoms with Crippen LogP contribution in [-0.4, -0.2) is 23.3 Å². The van der Waals surface area contributed by atoms with E-state index in [0.717, 1.165) is 10.6 Å². The molecule has 1 aromatic heterocycles. The molecule has 15 heavy (non-hydrogen) atoms. The number of esters is 1. The van der Waals surface area contributed by atoms with E-state index in [2.05, 4.69) is 9.72 Å². The molecular weight excluding hydrogens is 210 g/mol. The Bertz CT molecular complexity index is 341. The monoisotopic (exact) mass is 225 g/mol. The third-order valence-electron chi connectivity index (χ3n) is 1.89. The van der Waals surface area contributed by atoms with Crippen LogP contribution in [0, 0.1) is 6.92 Å². The molecule has 1 rings (SSSR count). The van der Waals surface area contributed by atoms with Gasteiger partial charge in [0.05, 0.1) is 13.5 Å². The predicted octanol–water partition coefficient (Wildman–Crippen LogP) is 2.43. The number of thioether (sulfide) groups is 1. The van der Waals surface area contributed by atoms with Gasteiger partial charge in [-0.25, -0.2) is 0 Å². The van der Waals surface area contributed by atoms with Crippen LogP contribution < -0.4 is 0 Å². The Kier molecular flexibility index (Phi) is 4.62. The third kappa shape index (κ3) is 4.34. The number of ether oxygens (including phenoxy) is 1. The molecule has 0 aliphatic rings. The predicted molar refractivity (Wildman–Crippen MR) is 60.9 cm³/mol. The average molecular weight is 225 g/mol. The molecule has 0 N–H and O–H groups in total. The molecule has 0 spiro atoms. The zero-order valence-electron chi connectivity index (χ0n) is 9.19. The van der Waals surface area contributed by atoms with Crippen LogP contribution in [0.4, 0.5) is 0 Å². The van der Waals surface area contributed by atoms with Crippen molar-refractivity contribution in [3.63, 3.8) is 0 Å². The lowest BCUT2D eigenvalue weighted by Gasteiger charge is -2.09. The van der Waals surface area contributed by atoms with Crippen LogP contribution in [0.5, 0.6) is 0 Å². The highest BCUT2D eigenvalue weighted by atomic mass is 32.2. The van der Waals surface area contributed by atoms with Crippen LogP contribution in [0.2, 0.25) is 0 Å². The molecule has 1 unspecified atom stereocenters. The zero-order valence-corrected chi connectivity index (χ0v) is 10.0. The smallest absolute Gasteiger partial charge is 0.306 e. The van der Waals surface area contributed by atoms with Gasteiger partial charge in [-0.2, -0.15) is 0 Å². The van der Waals surface area contributed by atoms with Gasteiger partial charge in [0, 0.05) is 22.0 Å². The third-order valence-corrected chi connectivity index (χ3v) is 2.98. The summed E-state index contributed by atoms with van der Waals surface area (Å²) in [4.78, 5) is 16.3. The van der Waals surface area contributed by atoms with Crippen LogP contribution in [0.25, 0.3) is 0 Å². The molecule has 0 fully saturated rings. The highest BCUT2D eigenvalue weighted by molar-refractivity contribution is 8.00. The molecule has 0 saturated carbocycles. The van der Waals surface area contributed by atoms with Gasteiger partial charge in [0.25, 0.3) is 0 Å². The van der Waals surface area contributed by atoms with Crippen LogP contribution in [-0.2, 0) is 9.53 Å². The summed E-state index contributed by atoms with van der Waals surface area (Å²) in [6.45, 7) is 3.96. The Labute approximate surface area is 94.2 Å². The summed E-state index contributed by atoms with van der Waals surface area (Å²) >= 11 is 1.66. The molecule has 0 aliphatic carbocycles. The summed E-state index contributed by atoms with van der Waals surface area (Å²) in [6.07, 6.45) is 2.21. The summed E-state index contributed by atoms with van der Waals surface area (Å²) in [5, 5.41) is 0.222. The second-order valence-electron chi connectivity index (χ2n) is 3.34. The fourth-order valence-corrected chi connectivity index (χ4v) is 2.25. The van der Waals surface area contributed by atoms with Gasteiger partial charge in [-0.3, -0.25) is 9.78 Å². The first-order valence-corrected chi connectivity index (χ1v) is 5.66. The lowest BCUT2D eigenvalue weighted by atomic mass is 10.3. The molecule has 1 aromatic rings. The molecule has 4 heteroatoms. The Morgan fingerprint density at radius 3 is 3.00 bits per heavy atom. The van der Waals surface area contributed by atoms with E-state index in [0.29, 0.717) is 6.42 Å². The average Bonchev–Trinajstić information content (AvgIpc) is 2.17. The topological polar surface area (TPSA) is 39.2 Å². The minimum atomic E-state index is -0.166. The molecule has 0 aromatic carbocycles. The maximum absolute atomic E-state index is 11.0. The second-order valence-corrected chi connectivity index (χ2v) is 4.85. The fraction of sp³-hybridized carbons (Fsp3) is 0.455. The van der Waals surface area contributed by atoms with Gasteiger partial charge in [-0.1, -0.05) is 6.92 Å². The van der Waals surface area contributed by atoms with E-state index in [-0.39, 0.29) is 11.2 Å². The number of aryl methyl sites for hydroxylation is 1. The zero-order chi connectivity index (χ0) is 11.3. The van der Waals surface area contributed by atoms with Crippen molar-refractivity contribution in [3.05, 3.63) is 24.0 Å². The van der Waals surface area contributed by atoms with E-state index in [1.807, 2.05) is 26.0 Å². The van der Waals surface area contributed by atoms with Crippen LogP contribution >= 0.6 is 11.8 Å². The van der Waals surface area contributed by atoms with Gasteiger partial charge in [0.2, 0.25) is 0 Å². The summed E-state index contributed by atoms with van der Waals surface area (Å²) in [6, 6.07) is 3.96. The van der Waals surface area contributed by atoms with Crippen molar-refractivity contribution in [2.75, 3.05) is 7.11 Å². The number of aromatic nitrogens is 1. The number of pyridine rings is 1. The molecule has 82 valence electrons. The molecule has 0 radical (unpaired) electrons. The first-order valence-electron chi connectivity index (χ1n) is 4.78. The second kappa shape index (κ2) is 5.75. The number of nitrogens with zero attached hydrogens (tertiary/aromatic N) is 1. The quantitative estimate of drug-likeness (QED) is 0.583. The van der Waals surface area contributed by atoms with Crippen molar-refractivity contribution < 1.29 is 9.53 Å². The number of methoxy groups -OCH3 is 1. The summed E-state index contributed by atoms with van der Waals surface area (Å²) in [5.74, 6) is -0.166. The van der Waals surface area contributed by atoms with Gasteiger partial charge >= 0.3 is 5.97 Å². The molecule has 3 nitrogen and oxygen atoms in total. The number of carbonyl (C=O) groups is 1. The van der Waals surface area contributed by atoms with Crippen molar-refractivity contribution in [2.24, 2.45) is 0 Å². The van der Waals surface area contributed by atoms with E-state index in [1.165, 1.54) is 7.11 Å². The van der Waals surface area contributed by atoms with Gasteiger partial charge in [0.15, 0.2) is 0 Å². The minimum absolute atomic E-state index is 0.166. The summed E-state index contributed by atoms with van der Waals surface area (Å²) in [5.41, 5.74) is 0.991. The molecule has 0 aliphatic heterocycles. The maximum atomic E-state index is 11.0. The van der Waals surface area contributed by atoms with Crippen molar-refractivity contribution in [1.82, 2.24) is 4.98 Å². The lowest BCUT2D eigenvalue weighted by molar-refractivity contribution is -0.140. The van der Waals surface area contributed by atoms with Crippen LogP contribution in [0.15, 0.2) is 23.2 Å². The molecule has 0 saturated heterocycles. The Hall–Kier alpha value is -1.03. The van der Waals surface area contributed by atoms with E-state index < -0.39 is 0 Å². The van der Waals surface area contributed by atoms with Crippen LogP contribution in [0.1, 0.15) is 19.0 Å². The largest absolute Gasteiger partial charge is 0.469 e. The summed E-state index contributed by atoms with van der Waals surface area (Å²) < 4.78 is 4.62. The van der Waals surface area contributed by atoms with Gasteiger partial charge in [0.1, 0.15) is 0 Å². The molecular formula is C11H15NO2S. The van der Waals surface area contributed by atoms with E-state index in [9.17, 15) is 4.79 Å². The summed E-state index contributed by atoms with van der Waals surface area (Å²) in [7, 11) is 1.41. The Balaban J connectivity index is 2.51. The van der Waals surface area contributed by atoms with Crippen molar-refractivity contribution in [1.29, 1.82) is 0 Å². The lowest BCUT2D eigenvalue weighted by Crippen LogP contribution is -2.08. The fourth-order valence-electron chi connectivity index (χ4n) is 1.18. The molecule has 1 heterocycles. The van der Waals surface area contributed by atoms with E-state index in [1.54, 1.807) is 18.0 Å². The first-order chi connectivity index (χ1) is 7.11. The van der Waals surface area contributed by atoms with Gasteiger partial charge in [-0.05, 0) is 19.1 Å². The SMILES string of the molecule is COC(=O)CC(C)Sc1ccnc(C)c1. The highest BCUT2D eigenvalue weighted by Crippen LogP contribution is 2.25. The molecule has 0 bridgehead atoms. The Morgan fingerprint density at radius 1 is 1.67 bits per heavy atom. The van der Waals surface area contributed by atoms with Crippen molar-refractivity contribution >= 4 is 17.7 Å². The minimum Gasteiger partial charge on any atom is -0.469 e. The van der Waals surface area contributed by atoms with Gasteiger partial charge in [-0.15, -0.1) is 11.8 Å². The molecule has 1 atom stereocenters. The number of hydrogen-bond donors (Lipinski definition) is 0. The number of rotatable bonds is 4. The van der Waals surface area contributed by atoms with E-state index in [4.69, 9.17) is 0 Å². The standard InChI is InChI=1S/C11H15NO2S/c1-8-6-10(4-5-12-8)15-9(2)7-11(13)14-3/h4-6,9H,7H2,1-3H3. The number of carbonyl (C=O) groups excluding carboxylic acids is 1.